The number of rotatable bonds is 8. The Morgan fingerprint density at radius 2 is 2.23 bits per heavy atom. The molecular weight excluding hydrogens is 174 g/mol. The number of hydrogen-bond acceptors (Lipinski definition) is 4. The van der Waals surface area contributed by atoms with Gasteiger partial charge in [-0.3, -0.25) is 4.79 Å². The van der Waals surface area contributed by atoms with Crippen LogP contribution < -0.4 is 5.32 Å². The summed E-state index contributed by atoms with van der Waals surface area (Å²) in [5.74, 6) is -0.121. The average molecular weight is 191 g/mol. The van der Waals surface area contributed by atoms with Crippen LogP contribution in [0.25, 0.3) is 0 Å². The van der Waals surface area contributed by atoms with Gasteiger partial charge >= 0.3 is 0 Å². The van der Waals surface area contributed by atoms with Crippen LogP contribution in [0, 0.1) is 0 Å². The van der Waals surface area contributed by atoms with Gasteiger partial charge in [-0.25, -0.2) is 0 Å². The van der Waals surface area contributed by atoms with Crippen LogP contribution >= 0.6 is 0 Å². The summed E-state index contributed by atoms with van der Waals surface area (Å²) < 4.78 is 9.61. The molecule has 0 aromatic heterocycles. The van der Waals surface area contributed by atoms with E-state index in [1.165, 1.54) is 7.11 Å². The second kappa shape index (κ2) is 9.44. The number of hydrogen-bond donors (Lipinski definition) is 2. The monoisotopic (exact) mass is 191 g/mol. The second-order valence-corrected chi connectivity index (χ2v) is 2.47. The first kappa shape index (κ1) is 12.3. The Morgan fingerprint density at radius 1 is 1.46 bits per heavy atom. The van der Waals surface area contributed by atoms with E-state index in [4.69, 9.17) is 9.84 Å². The van der Waals surface area contributed by atoms with E-state index in [0.29, 0.717) is 19.8 Å². The Labute approximate surface area is 78.0 Å². The molecular formula is C8H17NO4. The van der Waals surface area contributed by atoms with E-state index in [9.17, 15) is 4.79 Å². The van der Waals surface area contributed by atoms with E-state index in [0.717, 1.165) is 6.42 Å². The zero-order valence-corrected chi connectivity index (χ0v) is 7.91. The highest BCUT2D eigenvalue weighted by molar-refractivity contribution is 5.77. The molecule has 5 nitrogen and oxygen atoms in total. The molecule has 0 fully saturated rings. The number of carbonyl (C=O) groups excluding carboxylic acids is 1. The number of nitrogens with one attached hydrogen (secondary N) is 1. The minimum atomic E-state index is -0.121. The third-order valence-corrected chi connectivity index (χ3v) is 1.30. The van der Waals surface area contributed by atoms with Gasteiger partial charge < -0.3 is 19.9 Å². The third-order valence-electron chi connectivity index (χ3n) is 1.30. The fourth-order valence-electron chi connectivity index (χ4n) is 0.751. The number of aliphatic hydroxyl groups excluding tert-OH is 1. The van der Waals surface area contributed by atoms with E-state index in [2.05, 4.69) is 10.1 Å². The van der Waals surface area contributed by atoms with Gasteiger partial charge in [0, 0.05) is 20.3 Å². The van der Waals surface area contributed by atoms with Crippen molar-refractivity contribution in [1.29, 1.82) is 0 Å². The van der Waals surface area contributed by atoms with Crippen molar-refractivity contribution in [3.63, 3.8) is 0 Å². The van der Waals surface area contributed by atoms with E-state index >= 15 is 0 Å². The van der Waals surface area contributed by atoms with Crippen LogP contribution in [-0.2, 0) is 14.3 Å². The van der Waals surface area contributed by atoms with Crippen LogP contribution in [0.2, 0.25) is 0 Å². The van der Waals surface area contributed by atoms with Crippen LogP contribution in [0.3, 0.4) is 0 Å². The van der Waals surface area contributed by atoms with Gasteiger partial charge in [0.25, 0.3) is 0 Å². The van der Waals surface area contributed by atoms with Gasteiger partial charge in [0.1, 0.15) is 6.61 Å². The summed E-state index contributed by atoms with van der Waals surface area (Å²) in [4.78, 5) is 10.8. The molecule has 0 rings (SSSR count). The topological polar surface area (TPSA) is 67.8 Å². The molecule has 0 bridgehead atoms. The molecule has 0 saturated carbocycles. The highest BCUT2D eigenvalue weighted by atomic mass is 16.5. The second-order valence-electron chi connectivity index (χ2n) is 2.47. The lowest BCUT2D eigenvalue weighted by Gasteiger charge is -2.04. The van der Waals surface area contributed by atoms with Crippen molar-refractivity contribution in [3.05, 3.63) is 0 Å². The van der Waals surface area contributed by atoms with Gasteiger partial charge in [-0.15, -0.1) is 0 Å². The molecule has 2 N–H and O–H groups in total. The zero-order valence-electron chi connectivity index (χ0n) is 7.91. The zero-order chi connectivity index (χ0) is 9.94. The van der Waals surface area contributed by atoms with Crippen molar-refractivity contribution in [2.45, 2.75) is 6.42 Å². The van der Waals surface area contributed by atoms with E-state index in [1.807, 2.05) is 0 Å². The Kier molecular flexibility index (Phi) is 8.97. The SMILES string of the molecule is COCC(=O)NCCCOCCO. The molecule has 0 unspecified atom stereocenters. The molecule has 0 saturated heterocycles. The number of ether oxygens (including phenoxy) is 2. The molecule has 0 heterocycles. The minimum absolute atomic E-state index is 0.0377. The molecule has 0 atom stereocenters. The normalized spacial score (nSPS) is 10.0. The smallest absolute Gasteiger partial charge is 0.245 e. The van der Waals surface area contributed by atoms with Gasteiger partial charge in [0.15, 0.2) is 0 Å². The maximum Gasteiger partial charge on any atom is 0.245 e. The van der Waals surface area contributed by atoms with Crippen molar-refractivity contribution >= 4 is 5.91 Å². The van der Waals surface area contributed by atoms with Crippen molar-refractivity contribution in [3.8, 4) is 0 Å². The molecule has 13 heavy (non-hydrogen) atoms. The van der Waals surface area contributed by atoms with Gasteiger partial charge in [0.05, 0.1) is 13.2 Å². The van der Waals surface area contributed by atoms with E-state index < -0.39 is 0 Å². The molecule has 5 heteroatoms. The molecule has 0 aliphatic carbocycles. The lowest BCUT2D eigenvalue weighted by atomic mass is 10.4. The predicted molar refractivity (Wildman–Crippen MR) is 47.4 cm³/mol. The molecule has 0 aromatic rings. The Balaban J connectivity index is 3.02. The predicted octanol–water partition coefficient (Wildman–Crippen LogP) is -0.852. The summed E-state index contributed by atoms with van der Waals surface area (Å²) in [6, 6.07) is 0. The van der Waals surface area contributed by atoms with Crippen LogP contribution in [0.4, 0.5) is 0 Å². The standard InChI is InChI=1S/C8H17NO4/c1-12-7-8(11)9-3-2-5-13-6-4-10/h10H,2-7H2,1H3,(H,9,11). The van der Waals surface area contributed by atoms with Gasteiger partial charge in [-0.05, 0) is 6.42 Å². The summed E-state index contributed by atoms with van der Waals surface area (Å²) in [6.07, 6.45) is 0.745. The van der Waals surface area contributed by atoms with Gasteiger partial charge in [-0.2, -0.15) is 0 Å². The molecule has 0 aliphatic heterocycles. The quantitative estimate of drug-likeness (QED) is 0.490. The summed E-state index contributed by atoms with van der Waals surface area (Å²) in [5, 5.41) is 11.0. The fraction of sp³-hybridized carbons (Fsp3) is 0.875. The van der Waals surface area contributed by atoms with Crippen LogP contribution in [0.5, 0.6) is 0 Å². The Hall–Kier alpha value is -0.650. The Bertz CT molecular complexity index is 129. The first-order chi connectivity index (χ1) is 6.31. The maximum atomic E-state index is 10.8. The summed E-state index contributed by atoms with van der Waals surface area (Å²) in [6.45, 7) is 1.61. The van der Waals surface area contributed by atoms with Crippen molar-refractivity contribution in [2.24, 2.45) is 0 Å². The summed E-state index contributed by atoms with van der Waals surface area (Å²) in [7, 11) is 1.48. The van der Waals surface area contributed by atoms with Crippen LogP contribution in [0.1, 0.15) is 6.42 Å². The highest BCUT2D eigenvalue weighted by Crippen LogP contribution is 1.80. The highest BCUT2D eigenvalue weighted by Gasteiger charge is 1.97. The van der Waals surface area contributed by atoms with Crippen LogP contribution in [0.15, 0.2) is 0 Å². The van der Waals surface area contributed by atoms with Gasteiger partial charge in [-0.1, -0.05) is 0 Å². The van der Waals surface area contributed by atoms with Crippen LogP contribution in [-0.4, -0.2) is 51.1 Å². The van der Waals surface area contributed by atoms with E-state index in [1.54, 1.807) is 0 Å². The maximum absolute atomic E-state index is 10.8. The van der Waals surface area contributed by atoms with Gasteiger partial charge in [0.2, 0.25) is 5.91 Å². The van der Waals surface area contributed by atoms with Crippen molar-refractivity contribution in [1.82, 2.24) is 5.32 Å². The minimum Gasteiger partial charge on any atom is -0.394 e. The fourth-order valence-corrected chi connectivity index (χ4v) is 0.751. The number of methoxy groups -OCH3 is 1. The number of carbonyl (C=O) groups is 1. The molecule has 1 amide bonds. The largest absolute Gasteiger partial charge is 0.394 e. The molecule has 78 valence electrons. The first-order valence-electron chi connectivity index (χ1n) is 4.25. The molecule has 0 aromatic carbocycles. The summed E-state index contributed by atoms with van der Waals surface area (Å²) in [5.41, 5.74) is 0. The Morgan fingerprint density at radius 3 is 2.85 bits per heavy atom. The lowest BCUT2D eigenvalue weighted by molar-refractivity contribution is -0.124. The lowest BCUT2D eigenvalue weighted by Crippen LogP contribution is -2.28. The number of amides is 1. The summed E-state index contributed by atoms with van der Waals surface area (Å²) >= 11 is 0. The van der Waals surface area contributed by atoms with E-state index in [-0.39, 0.29) is 19.1 Å². The first-order valence-corrected chi connectivity index (χ1v) is 4.25. The molecule has 0 aliphatic rings. The molecule has 0 spiro atoms. The molecule has 0 radical (unpaired) electrons. The van der Waals surface area contributed by atoms with Crippen molar-refractivity contribution < 1.29 is 19.4 Å². The van der Waals surface area contributed by atoms with Crippen molar-refractivity contribution in [2.75, 3.05) is 40.1 Å². The average Bonchev–Trinajstić information content (AvgIpc) is 2.11. The third kappa shape index (κ3) is 9.26. The number of aliphatic hydroxyl groups is 1.